The second kappa shape index (κ2) is 4.77. The molecule has 0 aliphatic heterocycles. The summed E-state index contributed by atoms with van der Waals surface area (Å²) in [7, 11) is 0. The molecular weight excluding hydrogens is 112 g/mol. The summed E-state index contributed by atoms with van der Waals surface area (Å²) in [6, 6.07) is 0.483. The van der Waals surface area contributed by atoms with Crippen molar-refractivity contribution < 1.29 is 0 Å². The van der Waals surface area contributed by atoms with Gasteiger partial charge in [0.05, 0.1) is 0 Å². The second-order valence-electron chi connectivity index (χ2n) is 2.69. The first-order chi connectivity index (χ1) is 4.18. The van der Waals surface area contributed by atoms with Gasteiger partial charge in [-0.05, 0) is 20.3 Å². The van der Waals surface area contributed by atoms with Crippen LogP contribution in [0.15, 0.2) is 0 Å². The topological polar surface area (TPSA) is 29.3 Å². The molecule has 0 heterocycles. The van der Waals surface area contributed by atoms with Crippen molar-refractivity contribution in [2.24, 2.45) is 5.84 Å². The highest BCUT2D eigenvalue weighted by molar-refractivity contribution is 4.52. The van der Waals surface area contributed by atoms with Crippen LogP contribution in [0.5, 0.6) is 0 Å². The maximum Gasteiger partial charge on any atom is 0.0184 e. The summed E-state index contributed by atoms with van der Waals surface area (Å²) in [5, 5.41) is 1.88. The molecule has 0 fully saturated rings. The number of hydrazine groups is 1. The highest BCUT2D eigenvalue weighted by atomic mass is 15.4. The fraction of sp³-hybridized carbons (Fsp3) is 1.00. The normalized spacial score (nSPS) is 11.3. The van der Waals surface area contributed by atoms with Gasteiger partial charge in [-0.25, -0.2) is 5.01 Å². The Morgan fingerprint density at radius 2 is 2.00 bits per heavy atom. The Morgan fingerprint density at radius 3 is 2.33 bits per heavy atom. The molecule has 0 saturated heterocycles. The Hall–Kier alpha value is -0.0800. The van der Waals surface area contributed by atoms with E-state index in [-0.39, 0.29) is 0 Å². The van der Waals surface area contributed by atoms with E-state index in [1.54, 1.807) is 0 Å². The Bertz CT molecular complexity index is 61.9. The van der Waals surface area contributed by atoms with E-state index in [9.17, 15) is 0 Å². The lowest BCUT2D eigenvalue weighted by molar-refractivity contribution is 0.224. The number of hydrogen-bond acceptors (Lipinski definition) is 2. The summed E-state index contributed by atoms with van der Waals surface area (Å²) in [6.07, 6.45) is 2.43. The van der Waals surface area contributed by atoms with Crippen LogP contribution >= 0.6 is 0 Å². The molecule has 0 atom stereocenters. The highest BCUT2D eigenvalue weighted by Crippen LogP contribution is 1.93. The fourth-order valence-electron chi connectivity index (χ4n) is 0.599. The molecule has 0 amide bonds. The van der Waals surface area contributed by atoms with E-state index in [1.807, 2.05) is 5.01 Å². The number of rotatable bonds is 4. The molecule has 0 bridgehead atoms. The van der Waals surface area contributed by atoms with Crippen molar-refractivity contribution in [1.82, 2.24) is 5.01 Å². The largest absolute Gasteiger partial charge is 0.269 e. The number of nitrogens with zero attached hydrogens (tertiary/aromatic N) is 1. The summed E-state index contributed by atoms with van der Waals surface area (Å²) in [6.45, 7) is 7.41. The zero-order valence-electron chi connectivity index (χ0n) is 6.72. The molecule has 0 aliphatic rings. The highest BCUT2D eigenvalue weighted by Gasteiger charge is 2.00. The van der Waals surface area contributed by atoms with Crippen LogP contribution in [0.3, 0.4) is 0 Å². The average Bonchev–Trinajstić information content (AvgIpc) is 1.82. The van der Waals surface area contributed by atoms with E-state index in [0.29, 0.717) is 6.04 Å². The van der Waals surface area contributed by atoms with Gasteiger partial charge in [0.1, 0.15) is 0 Å². The molecule has 9 heavy (non-hydrogen) atoms. The van der Waals surface area contributed by atoms with Gasteiger partial charge in [-0.3, -0.25) is 5.84 Å². The van der Waals surface area contributed by atoms with Crippen LogP contribution in [-0.4, -0.2) is 17.6 Å². The van der Waals surface area contributed by atoms with Crippen LogP contribution in [0.4, 0.5) is 0 Å². The van der Waals surface area contributed by atoms with E-state index in [4.69, 9.17) is 5.84 Å². The molecule has 2 heteroatoms. The van der Waals surface area contributed by atoms with E-state index in [2.05, 4.69) is 20.8 Å². The number of nitrogens with two attached hydrogens (primary N) is 1. The molecule has 0 saturated carbocycles. The molecule has 0 aromatic heterocycles. The van der Waals surface area contributed by atoms with Gasteiger partial charge in [0, 0.05) is 12.6 Å². The molecule has 56 valence electrons. The standard InChI is InChI=1S/C7H18N2/c1-4-5-6-9(8)7(2)3/h7H,4-6,8H2,1-3H3. The molecular formula is C7H18N2. The minimum Gasteiger partial charge on any atom is -0.269 e. The molecule has 0 rings (SSSR count). The van der Waals surface area contributed by atoms with Crippen molar-refractivity contribution in [3.63, 3.8) is 0 Å². The molecule has 2 nitrogen and oxygen atoms in total. The summed E-state index contributed by atoms with van der Waals surface area (Å²) in [5.74, 6) is 5.64. The molecule has 0 radical (unpaired) electrons. The van der Waals surface area contributed by atoms with Gasteiger partial charge < -0.3 is 0 Å². The monoisotopic (exact) mass is 130 g/mol. The summed E-state index contributed by atoms with van der Waals surface area (Å²) in [4.78, 5) is 0. The molecule has 0 aromatic rings. The Kier molecular flexibility index (Phi) is 4.72. The van der Waals surface area contributed by atoms with Crippen molar-refractivity contribution >= 4 is 0 Å². The van der Waals surface area contributed by atoms with Gasteiger partial charge in [0.25, 0.3) is 0 Å². The average molecular weight is 130 g/mol. The van der Waals surface area contributed by atoms with Crippen molar-refractivity contribution in [2.45, 2.75) is 39.7 Å². The first-order valence-electron chi connectivity index (χ1n) is 3.69. The predicted octanol–water partition coefficient (Wildman–Crippen LogP) is 1.37. The van der Waals surface area contributed by atoms with Crippen molar-refractivity contribution in [3.8, 4) is 0 Å². The van der Waals surface area contributed by atoms with Gasteiger partial charge in [-0.2, -0.15) is 0 Å². The van der Waals surface area contributed by atoms with Crippen LogP contribution < -0.4 is 5.84 Å². The molecule has 0 aromatic carbocycles. The van der Waals surface area contributed by atoms with E-state index < -0.39 is 0 Å². The van der Waals surface area contributed by atoms with Gasteiger partial charge >= 0.3 is 0 Å². The van der Waals surface area contributed by atoms with Crippen LogP contribution in [0.1, 0.15) is 33.6 Å². The van der Waals surface area contributed by atoms with Gasteiger partial charge in [0.2, 0.25) is 0 Å². The first-order valence-corrected chi connectivity index (χ1v) is 3.69. The van der Waals surface area contributed by atoms with Crippen LogP contribution in [0.25, 0.3) is 0 Å². The number of unbranched alkanes of at least 4 members (excludes halogenated alkanes) is 1. The molecule has 0 unspecified atom stereocenters. The van der Waals surface area contributed by atoms with Crippen molar-refractivity contribution in [1.29, 1.82) is 0 Å². The minimum atomic E-state index is 0.483. The fourth-order valence-corrected chi connectivity index (χ4v) is 0.599. The lowest BCUT2D eigenvalue weighted by Crippen LogP contribution is -2.37. The number of hydrogen-bond donors (Lipinski definition) is 1. The molecule has 0 spiro atoms. The van der Waals surface area contributed by atoms with Crippen LogP contribution in [0, 0.1) is 0 Å². The lowest BCUT2D eigenvalue weighted by Gasteiger charge is -2.19. The van der Waals surface area contributed by atoms with Crippen molar-refractivity contribution in [3.05, 3.63) is 0 Å². The predicted molar refractivity (Wildman–Crippen MR) is 40.9 cm³/mol. The van der Waals surface area contributed by atoms with Gasteiger partial charge in [-0.1, -0.05) is 13.3 Å². The van der Waals surface area contributed by atoms with Crippen LogP contribution in [-0.2, 0) is 0 Å². The smallest absolute Gasteiger partial charge is 0.0184 e. The lowest BCUT2D eigenvalue weighted by atomic mass is 10.3. The Balaban J connectivity index is 3.16. The van der Waals surface area contributed by atoms with Crippen LogP contribution in [0.2, 0.25) is 0 Å². The Labute approximate surface area is 58.0 Å². The summed E-state index contributed by atoms with van der Waals surface area (Å²) in [5.41, 5.74) is 0. The Morgan fingerprint density at radius 1 is 1.44 bits per heavy atom. The quantitative estimate of drug-likeness (QED) is 0.460. The van der Waals surface area contributed by atoms with E-state index in [1.165, 1.54) is 12.8 Å². The first kappa shape index (κ1) is 8.92. The molecule has 2 N–H and O–H groups in total. The maximum atomic E-state index is 5.64. The maximum absolute atomic E-state index is 5.64. The summed E-state index contributed by atoms with van der Waals surface area (Å²) < 4.78 is 0. The van der Waals surface area contributed by atoms with E-state index in [0.717, 1.165) is 6.54 Å². The SMILES string of the molecule is CCCCN(N)C(C)C. The molecule has 0 aliphatic carbocycles. The third-order valence-corrected chi connectivity index (χ3v) is 1.43. The zero-order valence-corrected chi connectivity index (χ0v) is 6.72. The summed E-state index contributed by atoms with van der Waals surface area (Å²) >= 11 is 0. The zero-order chi connectivity index (χ0) is 7.28. The van der Waals surface area contributed by atoms with E-state index >= 15 is 0 Å². The van der Waals surface area contributed by atoms with Gasteiger partial charge in [-0.15, -0.1) is 0 Å². The second-order valence-corrected chi connectivity index (χ2v) is 2.69. The van der Waals surface area contributed by atoms with Crippen molar-refractivity contribution in [2.75, 3.05) is 6.54 Å². The third kappa shape index (κ3) is 4.43. The van der Waals surface area contributed by atoms with Gasteiger partial charge in [0.15, 0.2) is 0 Å². The third-order valence-electron chi connectivity index (χ3n) is 1.43. The minimum absolute atomic E-state index is 0.483.